The zero-order valence-electron chi connectivity index (χ0n) is 17.9. The molecule has 30 heavy (non-hydrogen) atoms. The normalized spacial score (nSPS) is 14.1. The Balaban J connectivity index is 0.00000155. The topological polar surface area (TPSA) is 104 Å². The van der Waals surface area contributed by atoms with Gasteiger partial charge in [0, 0.05) is 38.6 Å². The minimum Gasteiger partial charge on any atom is -0.378 e. The van der Waals surface area contributed by atoms with Crippen molar-refractivity contribution < 1.29 is 17.9 Å². The van der Waals surface area contributed by atoms with Crippen LogP contribution in [0.2, 0.25) is 0 Å². The van der Waals surface area contributed by atoms with Crippen molar-refractivity contribution in [3.63, 3.8) is 0 Å². The minimum absolute atomic E-state index is 0.114. The third-order valence-electron chi connectivity index (χ3n) is 4.19. The van der Waals surface area contributed by atoms with E-state index >= 15 is 0 Å². The number of anilines is 3. The number of ether oxygens (including phenoxy) is 1. The Morgan fingerprint density at radius 3 is 2.30 bits per heavy atom. The summed E-state index contributed by atoms with van der Waals surface area (Å²) >= 11 is 0.924. The van der Waals surface area contributed by atoms with Gasteiger partial charge in [0.05, 0.1) is 18.9 Å². The Morgan fingerprint density at radius 1 is 1.13 bits per heavy atom. The molecule has 2 N–H and O–H groups in total. The van der Waals surface area contributed by atoms with Gasteiger partial charge in [-0.1, -0.05) is 25.2 Å². The van der Waals surface area contributed by atoms with Crippen molar-refractivity contribution in [2.24, 2.45) is 0 Å². The minimum atomic E-state index is -3.59. The number of aryl methyl sites for hydroxylation is 1. The molecule has 0 aliphatic carbocycles. The van der Waals surface area contributed by atoms with Crippen molar-refractivity contribution in [1.29, 1.82) is 0 Å². The van der Waals surface area contributed by atoms with Crippen LogP contribution in [0.15, 0.2) is 28.5 Å². The van der Waals surface area contributed by atoms with Crippen LogP contribution in [0.1, 0.15) is 19.5 Å². The smallest absolute Gasteiger partial charge is 0.325 e. The molecule has 0 atom stereocenters. The van der Waals surface area contributed by atoms with Gasteiger partial charge in [0.1, 0.15) is 0 Å². The van der Waals surface area contributed by atoms with Gasteiger partial charge in [0.25, 0.3) is 10.0 Å². The molecule has 1 aromatic heterocycles. The summed E-state index contributed by atoms with van der Waals surface area (Å²) in [6, 6.07) is 7.03. The molecule has 2 amide bonds. The van der Waals surface area contributed by atoms with Crippen LogP contribution in [0, 0.1) is 6.92 Å². The molecule has 2 heterocycles. The molecular formula is C19H29N5O4S2. The lowest BCUT2D eigenvalue weighted by molar-refractivity contribution is 0.122. The third-order valence-corrected chi connectivity index (χ3v) is 7.67. The number of carbonyl (C=O) groups excluding carboxylic acids is 1. The molecule has 11 heteroatoms. The number of nitrogens with zero attached hydrogens (tertiary/aromatic N) is 3. The van der Waals surface area contributed by atoms with E-state index in [1.165, 1.54) is 14.1 Å². The summed E-state index contributed by atoms with van der Waals surface area (Å²) in [6.45, 7) is 8.70. The van der Waals surface area contributed by atoms with E-state index in [0.29, 0.717) is 24.6 Å². The van der Waals surface area contributed by atoms with E-state index in [4.69, 9.17) is 4.74 Å². The molecular weight excluding hydrogens is 426 g/mol. The molecule has 9 nitrogen and oxygen atoms in total. The van der Waals surface area contributed by atoms with E-state index in [1.54, 1.807) is 6.92 Å². The molecule has 2 aromatic rings. The molecule has 1 aliphatic rings. The van der Waals surface area contributed by atoms with Crippen LogP contribution in [-0.2, 0) is 14.8 Å². The summed E-state index contributed by atoms with van der Waals surface area (Å²) in [5, 5.41) is 5.53. The molecule has 1 saturated heterocycles. The number of carbonyl (C=O) groups is 1. The number of amides is 2. The Bertz CT molecular complexity index is 936. The molecule has 0 bridgehead atoms. The number of urea groups is 1. The first kappa shape index (κ1) is 24.1. The Kier molecular flexibility index (Phi) is 8.59. The van der Waals surface area contributed by atoms with E-state index in [2.05, 4.69) is 20.5 Å². The number of hydrogen-bond donors (Lipinski definition) is 2. The fourth-order valence-electron chi connectivity index (χ4n) is 2.68. The Hall–Kier alpha value is -2.21. The lowest BCUT2D eigenvalue weighted by Gasteiger charge is -2.28. The highest BCUT2D eigenvalue weighted by molar-refractivity contribution is 7.91. The Labute approximate surface area is 182 Å². The lowest BCUT2D eigenvalue weighted by atomic mass is 10.2. The number of benzene rings is 1. The fraction of sp³-hybridized carbons (Fsp3) is 0.474. The maximum absolute atomic E-state index is 12.3. The highest BCUT2D eigenvalue weighted by atomic mass is 32.2. The van der Waals surface area contributed by atoms with Gasteiger partial charge in [0.15, 0.2) is 9.34 Å². The van der Waals surface area contributed by atoms with Crippen molar-refractivity contribution >= 4 is 43.9 Å². The molecule has 0 radical (unpaired) electrons. The monoisotopic (exact) mass is 455 g/mol. The van der Waals surface area contributed by atoms with Crippen LogP contribution in [0.25, 0.3) is 0 Å². The molecule has 3 rings (SSSR count). The van der Waals surface area contributed by atoms with E-state index in [1.807, 2.05) is 38.1 Å². The van der Waals surface area contributed by atoms with Gasteiger partial charge in [0.2, 0.25) is 0 Å². The second kappa shape index (κ2) is 10.7. The second-order valence-corrected chi connectivity index (χ2v) is 9.75. The standard InChI is InChI=1S/C17H23N5O4S2.C2H6/c1-12-15(28(24,25)21(2)3)27-17(18-12)20-16(23)19-13-4-6-14(7-5-13)22-8-10-26-11-9-22;1-2/h4-7H,8-11H2,1-3H3,(H2,18,19,20,23);1-2H3. The van der Waals surface area contributed by atoms with Crippen LogP contribution in [0.4, 0.5) is 21.3 Å². The molecule has 0 unspecified atom stereocenters. The summed E-state index contributed by atoms with van der Waals surface area (Å²) in [7, 11) is -0.686. The zero-order chi connectivity index (χ0) is 22.3. The van der Waals surface area contributed by atoms with Crippen molar-refractivity contribution in [1.82, 2.24) is 9.29 Å². The maximum atomic E-state index is 12.3. The highest BCUT2D eigenvalue weighted by Crippen LogP contribution is 2.29. The molecule has 0 spiro atoms. The number of rotatable bonds is 5. The van der Waals surface area contributed by atoms with Crippen molar-refractivity contribution in [2.45, 2.75) is 25.0 Å². The van der Waals surface area contributed by atoms with E-state index in [-0.39, 0.29) is 9.34 Å². The predicted molar refractivity (Wildman–Crippen MR) is 121 cm³/mol. The first-order chi connectivity index (χ1) is 14.3. The summed E-state index contributed by atoms with van der Waals surface area (Å²) in [5.74, 6) is 0. The summed E-state index contributed by atoms with van der Waals surface area (Å²) < 4.78 is 31.1. The summed E-state index contributed by atoms with van der Waals surface area (Å²) in [4.78, 5) is 18.6. The lowest BCUT2D eigenvalue weighted by Crippen LogP contribution is -2.36. The van der Waals surface area contributed by atoms with Gasteiger partial charge in [-0.15, -0.1) is 0 Å². The molecule has 1 fully saturated rings. The number of aromatic nitrogens is 1. The van der Waals surface area contributed by atoms with Crippen molar-refractivity contribution in [3.8, 4) is 0 Å². The van der Waals surface area contributed by atoms with Crippen LogP contribution in [0.3, 0.4) is 0 Å². The van der Waals surface area contributed by atoms with Crippen LogP contribution in [0.5, 0.6) is 0 Å². The molecule has 0 saturated carbocycles. The summed E-state index contributed by atoms with van der Waals surface area (Å²) in [6.07, 6.45) is 0. The molecule has 1 aliphatic heterocycles. The van der Waals surface area contributed by atoms with Gasteiger partial charge < -0.3 is 15.0 Å². The second-order valence-electron chi connectivity index (χ2n) is 6.40. The SMILES string of the molecule is CC.Cc1nc(NC(=O)Nc2ccc(N3CCOCC3)cc2)sc1S(=O)(=O)N(C)C. The van der Waals surface area contributed by atoms with Gasteiger partial charge in [-0.3, -0.25) is 5.32 Å². The largest absolute Gasteiger partial charge is 0.378 e. The van der Waals surface area contributed by atoms with Crippen molar-refractivity contribution in [3.05, 3.63) is 30.0 Å². The van der Waals surface area contributed by atoms with E-state index in [0.717, 1.165) is 34.4 Å². The zero-order valence-corrected chi connectivity index (χ0v) is 19.6. The molecule has 166 valence electrons. The number of hydrogen-bond acceptors (Lipinski definition) is 7. The fourth-order valence-corrected chi connectivity index (χ4v) is 5.23. The maximum Gasteiger partial charge on any atom is 0.325 e. The average molecular weight is 456 g/mol. The predicted octanol–water partition coefficient (Wildman–Crippen LogP) is 3.21. The first-order valence-electron chi connectivity index (χ1n) is 9.68. The van der Waals surface area contributed by atoms with Gasteiger partial charge in [-0.2, -0.15) is 0 Å². The third kappa shape index (κ3) is 5.91. The van der Waals surface area contributed by atoms with Crippen LogP contribution in [-0.4, -0.2) is 64.1 Å². The van der Waals surface area contributed by atoms with Crippen LogP contribution >= 0.6 is 11.3 Å². The number of morpholine rings is 1. The van der Waals surface area contributed by atoms with E-state index < -0.39 is 16.1 Å². The summed E-state index contributed by atoms with van der Waals surface area (Å²) in [5.41, 5.74) is 2.05. The Morgan fingerprint density at radius 2 is 1.73 bits per heavy atom. The molecule has 1 aromatic carbocycles. The highest BCUT2D eigenvalue weighted by Gasteiger charge is 2.24. The average Bonchev–Trinajstić information content (AvgIpc) is 3.11. The number of thiazole rings is 1. The van der Waals surface area contributed by atoms with Gasteiger partial charge in [-0.05, 0) is 31.2 Å². The quantitative estimate of drug-likeness (QED) is 0.718. The van der Waals surface area contributed by atoms with E-state index in [9.17, 15) is 13.2 Å². The van der Waals surface area contributed by atoms with Gasteiger partial charge >= 0.3 is 6.03 Å². The number of sulfonamides is 1. The van der Waals surface area contributed by atoms with Gasteiger partial charge in [-0.25, -0.2) is 22.5 Å². The van der Waals surface area contributed by atoms with Crippen LogP contribution < -0.4 is 15.5 Å². The first-order valence-corrected chi connectivity index (χ1v) is 11.9. The van der Waals surface area contributed by atoms with Crippen molar-refractivity contribution in [2.75, 3.05) is 55.9 Å². The number of nitrogens with one attached hydrogen (secondary N) is 2.